The smallest absolute Gasteiger partial charge is 0.317 e. The van der Waals surface area contributed by atoms with Crippen LogP contribution in [0.4, 0.5) is 16.3 Å². The molecule has 0 bridgehead atoms. The fourth-order valence-corrected chi connectivity index (χ4v) is 3.81. The van der Waals surface area contributed by atoms with E-state index in [0.717, 1.165) is 32.5 Å². The van der Waals surface area contributed by atoms with Crippen LogP contribution < -0.4 is 10.2 Å². The third kappa shape index (κ3) is 3.10. The molecule has 2 aliphatic rings. The van der Waals surface area contributed by atoms with Gasteiger partial charge >= 0.3 is 6.03 Å². The maximum Gasteiger partial charge on any atom is 0.317 e. The molecule has 2 aliphatic heterocycles. The molecule has 1 N–H and O–H groups in total. The molecular weight excluding hydrogens is 348 g/mol. The molecule has 4 rings (SSSR count). The molecule has 3 heterocycles. The molecule has 0 atom stereocenters. The number of fused-ring (bicyclic) bond motifs is 1. The molecule has 138 valence electrons. The highest BCUT2D eigenvalue weighted by atomic mass is 16.6. The van der Waals surface area contributed by atoms with Crippen molar-refractivity contribution < 1.29 is 9.72 Å². The van der Waals surface area contributed by atoms with Gasteiger partial charge in [-0.3, -0.25) is 10.1 Å². The van der Waals surface area contributed by atoms with Crippen LogP contribution in [-0.2, 0) is 0 Å². The predicted molar refractivity (Wildman–Crippen MR) is 98.5 cm³/mol. The first-order valence-electron chi connectivity index (χ1n) is 8.85. The fourth-order valence-electron chi connectivity index (χ4n) is 3.81. The first-order valence-corrected chi connectivity index (χ1v) is 8.85. The Kier molecular flexibility index (Phi) is 4.24. The number of urea groups is 1. The van der Waals surface area contributed by atoms with Crippen molar-refractivity contribution in [3.8, 4) is 6.07 Å². The van der Waals surface area contributed by atoms with Crippen molar-refractivity contribution in [1.29, 1.82) is 5.26 Å². The normalized spacial score (nSPS) is 17.8. The van der Waals surface area contributed by atoms with Crippen LogP contribution in [0, 0.1) is 21.4 Å². The number of nitrogens with zero attached hydrogens (tertiary/aromatic N) is 5. The summed E-state index contributed by atoms with van der Waals surface area (Å²) in [4.78, 5) is 30.9. The van der Waals surface area contributed by atoms with E-state index in [1.807, 2.05) is 4.90 Å². The molecule has 2 aromatic rings. The number of hydrogen-bond acceptors (Lipinski definition) is 6. The van der Waals surface area contributed by atoms with Gasteiger partial charge in [0.1, 0.15) is 5.82 Å². The number of pyridine rings is 1. The summed E-state index contributed by atoms with van der Waals surface area (Å²) in [5, 5.41) is 23.8. The molecule has 0 spiro atoms. The highest BCUT2D eigenvalue weighted by Crippen LogP contribution is 2.28. The standard InChI is InChI=1S/C18H18N6O3/c19-11-12-9-17(21-16-2-1-14(24(26)27)10-15(12)16)22-6-3-13(4-7-22)23-8-5-20-18(23)25/h1-2,9-10,13H,3-8H2,(H,20,25). The average Bonchev–Trinajstić information content (AvgIpc) is 3.12. The van der Waals surface area contributed by atoms with Crippen LogP contribution in [-0.4, -0.2) is 53.1 Å². The molecular formula is C18H18N6O3. The number of hydrogen-bond donors (Lipinski definition) is 1. The van der Waals surface area contributed by atoms with E-state index < -0.39 is 4.92 Å². The maximum atomic E-state index is 11.8. The van der Waals surface area contributed by atoms with Crippen LogP contribution in [0.5, 0.6) is 0 Å². The van der Waals surface area contributed by atoms with E-state index in [1.54, 1.807) is 12.1 Å². The number of benzene rings is 1. The average molecular weight is 366 g/mol. The van der Waals surface area contributed by atoms with Crippen molar-refractivity contribution in [3.05, 3.63) is 39.9 Å². The van der Waals surface area contributed by atoms with Gasteiger partial charge < -0.3 is 15.1 Å². The van der Waals surface area contributed by atoms with Crippen LogP contribution in [0.25, 0.3) is 10.9 Å². The van der Waals surface area contributed by atoms with Crippen LogP contribution in [0.15, 0.2) is 24.3 Å². The van der Waals surface area contributed by atoms with E-state index >= 15 is 0 Å². The molecule has 2 amide bonds. The summed E-state index contributed by atoms with van der Waals surface area (Å²) in [6, 6.07) is 8.42. The highest BCUT2D eigenvalue weighted by Gasteiger charge is 2.31. The maximum absolute atomic E-state index is 11.8. The Hall–Kier alpha value is -3.41. The minimum absolute atomic E-state index is 0.00522. The Morgan fingerprint density at radius 1 is 1.26 bits per heavy atom. The number of nitriles is 1. The van der Waals surface area contributed by atoms with E-state index in [9.17, 15) is 20.2 Å². The van der Waals surface area contributed by atoms with Crippen molar-refractivity contribution in [2.75, 3.05) is 31.1 Å². The number of piperidine rings is 1. The molecule has 9 heteroatoms. The van der Waals surface area contributed by atoms with Gasteiger partial charge in [-0.05, 0) is 25.0 Å². The van der Waals surface area contributed by atoms with Gasteiger partial charge in [-0.15, -0.1) is 0 Å². The van der Waals surface area contributed by atoms with E-state index in [0.29, 0.717) is 28.8 Å². The number of rotatable bonds is 3. The predicted octanol–water partition coefficient (Wildman–Crippen LogP) is 2.01. The molecule has 2 fully saturated rings. The Balaban J connectivity index is 1.57. The second-order valence-corrected chi connectivity index (χ2v) is 6.74. The monoisotopic (exact) mass is 366 g/mol. The second-order valence-electron chi connectivity index (χ2n) is 6.74. The molecule has 1 aromatic carbocycles. The lowest BCUT2D eigenvalue weighted by Crippen LogP contribution is -2.46. The lowest BCUT2D eigenvalue weighted by atomic mass is 10.0. The largest absolute Gasteiger partial charge is 0.356 e. The Morgan fingerprint density at radius 2 is 2.04 bits per heavy atom. The SMILES string of the molecule is N#Cc1cc(N2CCC(N3CCNC3=O)CC2)nc2ccc([N+](=O)[O-])cc12. The number of non-ortho nitro benzene ring substituents is 1. The first kappa shape index (κ1) is 17.0. The van der Waals surface area contributed by atoms with Crippen LogP contribution in [0.3, 0.4) is 0 Å². The van der Waals surface area contributed by atoms with E-state index in [1.165, 1.54) is 12.1 Å². The lowest BCUT2D eigenvalue weighted by molar-refractivity contribution is -0.384. The summed E-state index contributed by atoms with van der Waals surface area (Å²) in [7, 11) is 0. The zero-order chi connectivity index (χ0) is 19.0. The molecule has 2 saturated heterocycles. The Morgan fingerprint density at radius 3 is 2.67 bits per heavy atom. The van der Waals surface area contributed by atoms with Crippen LogP contribution in [0.2, 0.25) is 0 Å². The van der Waals surface area contributed by atoms with Gasteiger partial charge in [0.15, 0.2) is 0 Å². The topological polar surface area (TPSA) is 115 Å². The number of aromatic nitrogens is 1. The number of carbonyl (C=O) groups excluding carboxylic acids is 1. The molecule has 9 nitrogen and oxygen atoms in total. The van der Waals surface area contributed by atoms with Gasteiger partial charge in [-0.25, -0.2) is 9.78 Å². The highest BCUT2D eigenvalue weighted by molar-refractivity contribution is 5.88. The quantitative estimate of drug-likeness (QED) is 0.656. The zero-order valence-electron chi connectivity index (χ0n) is 14.6. The van der Waals surface area contributed by atoms with Crippen molar-refractivity contribution >= 4 is 28.4 Å². The summed E-state index contributed by atoms with van der Waals surface area (Å²) in [6.45, 7) is 2.92. The third-order valence-corrected chi connectivity index (χ3v) is 5.23. The Bertz CT molecular complexity index is 961. The van der Waals surface area contributed by atoms with Gasteiger partial charge in [0.25, 0.3) is 5.69 Å². The van der Waals surface area contributed by atoms with Gasteiger partial charge in [0.2, 0.25) is 0 Å². The molecule has 0 aliphatic carbocycles. The van der Waals surface area contributed by atoms with Crippen molar-refractivity contribution in [2.45, 2.75) is 18.9 Å². The summed E-state index contributed by atoms with van der Waals surface area (Å²) < 4.78 is 0. The number of carbonyl (C=O) groups is 1. The van der Waals surface area contributed by atoms with Gasteiger partial charge in [-0.2, -0.15) is 5.26 Å². The molecule has 0 saturated carbocycles. The third-order valence-electron chi connectivity index (χ3n) is 5.23. The van der Waals surface area contributed by atoms with Crippen molar-refractivity contribution in [3.63, 3.8) is 0 Å². The number of nitro benzene ring substituents is 1. The van der Waals surface area contributed by atoms with E-state index in [-0.39, 0.29) is 17.8 Å². The van der Waals surface area contributed by atoms with Crippen LogP contribution in [0.1, 0.15) is 18.4 Å². The van der Waals surface area contributed by atoms with E-state index in [2.05, 4.69) is 21.3 Å². The number of nitrogens with one attached hydrogen (secondary N) is 1. The van der Waals surface area contributed by atoms with Crippen LogP contribution >= 0.6 is 0 Å². The van der Waals surface area contributed by atoms with Crippen molar-refractivity contribution in [1.82, 2.24) is 15.2 Å². The minimum atomic E-state index is -0.478. The zero-order valence-corrected chi connectivity index (χ0v) is 14.6. The molecule has 0 unspecified atom stereocenters. The first-order chi connectivity index (χ1) is 13.1. The van der Waals surface area contributed by atoms with Gasteiger partial charge in [-0.1, -0.05) is 0 Å². The lowest BCUT2D eigenvalue weighted by Gasteiger charge is -2.36. The summed E-state index contributed by atoms with van der Waals surface area (Å²) in [5.41, 5.74) is 0.883. The summed E-state index contributed by atoms with van der Waals surface area (Å²) in [5.74, 6) is 0.692. The molecule has 0 radical (unpaired) electrons. The Labute approximate surface area is 155 Å². The summed E-state index contributed by atoms with van der Waals surface area (Å²) >= 11 is 0. The second kappa shape index (κ2) is 6.72. The fraction of sp³-hybridized carbons (Fsp3) is 0.389. The summed E-state index contributed by atoms with van der Waals surface area (Å²) in [6.07, 6.45) is 1.69. The minimum Gasteiger partial charge on any atom is -0.356 e. The van der Waals surface area contributed by atoms with E-state index in [4.69, 9.17) is 0 Å². The van der Waals surface area contributed by atoms with Crippen molar-refractivity contribution in [2.24, 2.45) is 0 Å². The van der Waals surface area contributed by atoms with Gasteiger partial charge in [0, 0.05) is 49.7 Å². The number of amides is 2. The molecule has 1 aromatic heterocycles. The molecule has 27 heavy (non-hydrogen) atoms. The number of anilines is 1. The van der Waals surface area contributed by atoms with Gasteiger partial charge in [0.05, 0.1) is 22.1 Å². The number of nitro groups is 1.